The van der Waals surface area contributed by atoms with E-state index in [9.17, 15) is 14.4 Å². The van der Waals surface area contributed by atoms with E-state index in [1.165, 1.54) is 283 Å². The Kier molecular flexibility index (Phi) is 64.6. The van der Waals surface area contributed by atoms with Crippen LogP contribution in [0.4, 0.5) is 0 Å². The normalized spacial score (nSPS) is 12.1. The van der Waals surface area contributed by atoms with Gasteiger partial charge in [-0.15, -0.1) is 0 Å². The van der Waals surface area contributed by atoms with Crippen LogP contribution in [0, 0.1) is 0 Å². The minimum Gasteiger partial charge on any atom is -0.462 e. The van der Waals surface area contributed by atoms with Crippen LogP contribution in [0.2, 0.25) is 0 Å². The first-order valence-corrected chi connectivity index (χ1v) is 34.8. The third kappa shape index (κ3) is 64.6. The van der Waals surface area contributed by atoms with Crippen molar-refractivity contribution in [3.63, 3.8) is 0 Å². The van der Waals surface area contributed by atoms with E-state index in [2.05, 4.69) is 45.1 Å². The molecule has 0 radical (unpaired) electrons. The van der Waals surface area contributed by atoms with Crippen molar-refractivity contribution < 1.29 is 28.6 Å². The van der Waals surface area contributed by atoms with Crippen LogP contribution >= 0.6 is 0 Å². The Bertz CT molecular complexity index is 1240. The SMILES string of the molecule is CCCCC/C=C\C/C=C\CCCCCCCCCC(=O)OCC(COC(=O)CCCCCCCCCCCCCCCCCCCCCCCC)OC(=O)CCCCCCCCCCCCCCCCCCCCCC. The fourth-order valence-electron chi connectivity index (χ4n) is 10.7. The summed E-state index contributed by atoms with van der Waals surface area (Å²) in [5.41, 5.74) is 0. The molecular weight excluding hydrogens is 949 g/mol. The summed E-state index contributed by atoms with van der Waals surface area (Å²) in [6.45, 7) is 6.70. The van der Waals surface area contributed by atoms with Gasteiger partial charge in [-0.3, -0.25) is 14.4 Å². The average Bonchev–Trinajstić information content (AvgIpc) is 3.43. The lowest BCUT2D eigenvalue weighted by molar-refractivity contribution is -0.167. The zero-order chi connectivity index (χ0) is 55.7. The second kappa shape index (κ2) is 66.4. The van der Waals surface area contributed by atoms with E-state index < -0.39 is 6.10 Å². The smallest absolute Gasteiger partial charge is 0.306 e. The molecule has 0 amide bonds. The maximum Gasteiger partial charge on any atom is 0.306 e. The van der Waals surface area contributed by atoms with Crippen molar-refractivity contribution in [2.75, 3.05) is 13.2 Å². The maximum absolute atomic E-state index is 13.0. The van der Waals surface area contributed by atoms with Crippen molar-refractivity contribution in [2.45, 2.75) is 399 Å². The van der Waals surface area contributed by atoms with E-state index in [1.807, 2.05) is 0 Å². The summed E-state index contributed by atoms with van der Waals surface area (Å²) in [5, 5.41) is 0. The Balaban J connectivity index is 4.29. The first kappa shape index (κ1) is 74.9. The van der Waals surface area contributed by atoms with Gasteiger partial charge in [0.1, 0.15) is 13.2 Å². The van der Waals surface area contributed by atoms with Gasteiger partial charge in [0.25, 0.3) is 0 Å². The predicted octanol–water partition coefficient (Wildman–Crippen LogP) is 23.8. The molecule has 0 aliphatic carbocycles. The molecule has 0 aromatic rings. The van der Waals surface area contributed by atoms with Crippen LogP contribution in [0.5, 0.6) is 0 Å². The van der Waals surface area contributed by atoms with E-state index in [4.69, 9.17) is 14.2 Å². The summed E-state index contributed by atoms with van der Waals surface area (Å²) in [6, 6.07) is 0. The summed E-state index contributed by atoms with van der Waals surface area (Å²) in [6.07, 6.45) is 80.5. The fourth-order valence-corrected chi connectivity index (χ4v) is 10.7. The van der Waals surface area contributed by atoms with Crippen molar-refractivity contribution in [3.05, 3.63) is 24.3 Å². The highest BCUT2D eigenvalue weighted by Crippen LogP contribution is 2.19. The summed E-state index contributed by atoms with van der Waals surface area (Å²) >= 11 is 0. The number of ether oxygens (including phenoxy) is 3. The lowest BCUT2D eigenvalue weighted by atomic mass is 10.0. The monoisotopic (exact) mass is 1080 g/mol. The van der Waals surface area contributed by atoms with Gasteiger partial charge in [-0.2, -0.15) is 0 Å². The van der Waals surface area contributed by atoms with E-state index in [0.717, 1.165) is 70.6 Å². The number of unbranched alkanes of at least 4 members (excludes halogenated alkanes) is 50. The van der Waals surface area contributed by atoms with E-state index >= 15 is 0 Å². The van der Waals surface area contributed by atoms with Gasteiger partial charge in [-0.1, -0.05) is 347 Å². The van der Waals surface area contributed by atoms with Crippen LogP contribution in [0.3, 0.4) is 0 Å². The highest BCUT2D eigenvalue weighted by Gasteiger charge is 2.19. The van der Waals surface area contributed by atoms with E-state index in [0.29, 0.717) is 19.3 Å². The lowest BCUT2D eigenvalue weighted by Crippen LogP contribution is -2.30. The molecule has 0 bridgehead atoms. The summed E-state index contributed by atoms with van der Waals surface area (Å²) in [4.78, 5) is 38.4. The highest BCUT2D eigenvalue weighted by atomic mass is 16.6. The molecule has 0 fully saturated rings. The number of esters is 3. The van der Waals surface area contributed by atoms with Crippen LogP contribution in [0.15, 0.2) is 24.3 Å². The van der Waals surface area contributed by atoms with Crippen LogP contribution in [0.25, 0.3) is 0 Å². The fraction of sp³-hybridized carbons (Fsp3) is 0.901. The van der Waals surface area contributed by atoms with Gasteiger partial charge >= 0.3 is 17.9 Å². The average molecular weight is 1080 g/mol. The second-order valence-corrected chi connectivity index (χ2v) is 23.8. The summed E-state index contributed by atoms with van der Waals surface area (Å²) < 4.78 is 17.0. The molecule has 0 rings (SSSR count). The van der Waals surface area contributed by atoms with Crippen molar-refractivity contribution >= 4 is 17.9 Å². The number of hydrogen-bond donors (Lipinski definition) is 0. The standard InChI is InChI=1S/C71H134O6/c1-4-7-10-13-16-19-22-25-28-31-33-35-36-38-40-43-46-49-52-55-58-61-64-70(73)76-67-68(66-75-69(72)63-60-57-54-51-48-45-42-39-30-27-24-21-18-15-12-9-6-3)77-71(74)65-62-59-56-53-50-47-44-41-37-34-32-29-26-23-20-17-14-11-8-5-2/h18,21,27,30,68H,4-17,19-20,22-26,28-29,31-67H2,1-3H3/b21-18-,30-27-. The molecule has 0 aliphatic rings. The molecule has 0 saturated heterocycles. The molecule has 0 heterocycles. The van der Waals surface area contributed by atoms with Crippen LogP contribution in [0.1, 0.15) is 393 Å². The van der Waals surface area contributed by atoms with Crippen molar-refractivity contribution in [1.82, 2.24) is 0 Å². The van der Waals surface area contributed by atoms with Crippen LogP contribution in [-0.2, 0) is 28.6 Å². The van der Waals surface area contributed by atoms with Crippen molar-refractivity contribution in [3.8, 4) is 0 Å². The Morgan fingerprint density at radius 3 is 0.740 bits per heavy atom. The Morgan fingerprint density at radius 2 is 0.468 bits per heavy atom. The number of carbonyl (C=O) groups excluding carboxylic acids is 3. The molecule has 0 saturated carbocycles. The molecule has 1 atom stereocenters. The van der Waals surface area contributed by atoms with E-state index in [1.54, 1.807) is 0 Å². The van der Waals surface area contributed by atoms with Gasteiger partial charge in [0, 0.05) is 19.3 Å². The molecule has 0 aliphatic heterocycles. The van der Waals surface area contributed by atoms with Gasteiger partial charge in [0.2, 0.25) is 0 Å². The number of rotatable bonds is 65. The molecule has 6 heteroatoms. The molecule has 0 N–H and O–H groups in total. The predicted molar refractivity (Wildman–Crippen MR) is 335 cm³/mol. The second-order valence-electron chi connectivity index (χ2n) is 23.8. The molecular formula is C71H134O6. The molecule has 0 aromatic carbocycles. The minimum absolute atomic E-state index is 0.0671. The number of hydrogen-bond acceptors (Lipinski definition) is 6. The third-order valence-electron chi connectivity index (χ3n) is 16.0. The zero-order valence-electron chi connectivity index (χ0n) is 52.3. The Morgan fingerprint density at radius 1 is 0.260 bits per heavy atom. The summed E-state index contributed by atoms with van der Waals surface area (Å²) in [7, 11) is 0. The van der Waals surface area contributed by atoms with Gasteiger partial charge in [0.05, 0.1) is 0 Å². The molecule has 454 valence electrons. The Labute approximate surface area is 481 Å². The molecule has 0 spiro atoms. The zero-order valence-corrected chi connectivity index (χ0v) is 52.3. The molecule has 1 unspecified atom stereocenters. The highest BCUT2D eigenvalue weighted by molar-refractivity contribution is 5.71. The van der Waals surface area contributed by atoms with Crippen molar-refractivity contribution in [2.24, 2.45) is 0 Å². The van der Waals surface area contributed by atoms with E-state index in [-0.39, 0.29) is 31.1 Å². The van der Waals surface area contributed by atoms with Gasteiger partial charge in [-0.05, 0) is 51.4 Å². The topological polar surface area (TPSA) is 78.9 Å². The summed E-state index contributed by atoms with van der Waals surface area (Å²) in [5.74, 6) is -0.841. The van der Waals surface area contributed by atoms with Gasteiger partial charge in [-0.25, -0.2) is 0 Å². The van der Waals surface area contributed by atoms with Crippen LogP contribution in [-0.4, -0.2) is 37.2 Å². The minimum atomic E-state index is -0.771. The largest absolute Gasteiger partial charge is 0.462 e. The van der Waals surface area contributed by atoms with Gasteiger partial charge in [0.15, 0.2) is 6.10 Å². The molecule has 77 heavy (non-hydrogen) atoms. The Hall–Kier alpha value is -2.11. The molecule has 0 aromatic heterocycles. The quantitative estimate of drug-likeness (QED) is 0.0261. The number of carbonyl (C=O) groups is 3. The number of allylic oxidation sites excluding steroid dienone is 4. The first-order chi connectivity index (χ1) is 38.0. The first-order valence-electron chi connectivity index (χ1n) is 34.8. The van der Waals surface area contributed by atoms with Crippen LogP contribution < -0.4 is 0 Å². The lowest BCUT2D eigenvalue weighted by Gasteiger charge is -2.18. The molecule has 6 nitrogen and oxygen atoms in total. The third-order valence-corrected chi connectivity index (χ3v) is 16.0. The van der Waals surface area contributed by atoms with Gasteiger partial charge < -0.3 is 14.2 Å². The van der Waals surface area contributed by atoms with Crippen molar-refractivity contribution in [1.29, 1.82) is 0 Å². The maximum atomic E-state index is 13.0.